The van der Waals surface area contributed by atoms with E-state index in [-0.39, 0.29) is 12.3 Å². The number of halogens is 2. The molecule has 0 radical (unpaired) electrons. The third kappa shape index (κ3) is 6.51. The van der Waals surface area contributed by atoms with E-state index in [1.165, 1.54) is 0 Å². The van der Waals surface area contributed by atoms with Crippen LogP contribution >= 0.6 is 23.2 Å². The van der Waals surface area contributed by atoms with Gasteiger partial charge in [0.2, 0.25) is 17.7 Å². The molecule has 2 heterocycles. The van der Waals surface area contributed by atoms with Crippen LogP contribution in [-0.2, 0) is 19.1 Å². The number of ether oxygens (including phenoxy) is 1. The number of piperidine rings is 1. The zero-order valence-electron chi connectivity index (χ0n) is 20.0. The van der Waals surface area contributed by atoms with E-state index in [9.17, 15) is 19.2 Å². The number of hydrogen-bond acceptors (Lipinski definition) is 7. The van der Waals surface area contributed by atoms with Gasteiger partial charge < -0.3 is 26.0 Å². The number of rotatable bonds is 8. The Morgan fingerprint density at radius 3 is 2.54 bits per heavy atom. The van der Waals surface area contributed by atoms with Gasteiger partial charge in [0.25, 0.3) is 0 Å². The first-order chi connectivity index (χ1) is 17.7. The number of amides is 3. The van der Waals surface area contributed by atoms with Crippen molar-refractivity contribution in [3.8, 4) is 0 Å². The molecular formula is C25H27Cl2N5O5. The van der Waals surface area contributed by atoms with Gasteiger partial charge in [0.15, 0.2) is 6.29 Å². The van der Waals surface area contributed by atoms with Crippen LogP contribution in [0.5, 0.6) is 0 Å². The molecule has 2 aliphatic rings. The standard InChI is InChI=1S/C25H27Cl2N5O5/c1-2-3-10-37-24(36)13-4-7-15(8-5-13)28-22(34)16-12-19(33)30-21-20(16)23(35)32-25(31-21)29-18-9-6-14(26)11-17(18)27/h4-9,11,16,20-21,25,29,31H,2-3,10,12H2,1H3,(H,28,34)(H,30,33)(H,32,35). The average Bonchev–Trinajstić information content (AvgIpc) is 2.85. The highest BCUT2D eigenvalue weighted by atomic mass is 35.5. The third-order valence-corrected chi connectivity index (χ3v) is 6.68. The summed E-state index contributed by atoms with van der Waals surface area (Å²) in [5.74, 6) is -3.44. The van der Waals surface area contributed by atoms with Gasteiger partial charge in [-0.25, -0.2) is 4.79 Å². The second-order valence-electron chi connectivity index (χ2n) is 8.81. The van der Waals surface area contributed by atoms with E-state index in [4.69, 9.17) is 27.9 Å². The Bertz CT molecular complexity index is 1190. The quantitative estimate of drug-likeness (QED) is 0.253. The summed E-state index contributed by atoms with van der Waals surface area (Å²) >= 11 is 12.1. The predicted octanol–water partition coefficient (Wildman–Crippen LogP) is 3.08. The maximum absolute atomic E-state index is 13.1. The summed E-state index contributed by atoms with van der Waals surface area (Å²) < 4.78 is 5.18. The summed E-state index contributed by atoms with van der Waals surface area (Å²) in [4.78, 5) is 50.6. The molecule has 12 heteroatoms. The molecule has 0 bridgehead atoms. The van der Waals surface area contributed by atoms with Crippen molar-refractivity contribution in [3.63, 3.8) is 0 Å². The Kier molecular flexibility index (Phi) is 8.52. The van der Waals surface area contributed by atoms with Gasteiger partial charge in [0.05, 0.1) is 40.9 Å². The second kappa shape index (κ2) is 11.8. The minimum absolute atomic E-state index is 0.148. The SMILES string of the molecule is CCCCOC(=O)c1ccc(NC(=O)C2CC(=O)NC3NC(Nc4ccc(Cl)cc4Cl)NC(=O)C32)cc1. The zero-order chi connectivity index (χ0) is 26.5. The summed E-state index contributed by atoms with van der Waals surface area (Å²) in [5.41, 5.74) is 1.32. The first kappa shape index (κ1) is 26.7. The molecule has 4 rings (SSSR count). The van der Waals surface area contributed by atoms with Crippen molar-refractivity contribution in [1.29, 1.82) is 0 Å². The van der Waals surface area contributed by atoms with E-state index in [0.29, 0.717) is 33.6 Å². The van der Waals surface area contributed by atoms with Crippen LogP contribution in [0.1, 0.15) is 36.5 Å². The zero-order valence-corrected chi connectivity index (χ0v) is 21.5. The van der Waals surface area contributed by atoms with Gasteiger partial charge in [0.1, 0.15) is 0 Å². The van der Waals surface area contributed by atoms with Crippen molar-refractivity contribution in [2.45, 2.75) is 38.6 Å². The maximum atomic E-state index is 13.1. The van der Waals surface area contributed by atoms with Crippen molar-refractivity contribution in [2.24, 2.45) is 11.8 Å². The Labute approximate surface area is 223 Å². The molecule has 0 saturated carbocycles. The van der Waals surface area contributed by atoms with Crippen molar-refractivity contribution in [3.05, 3.63) is 58.1 Å². The molecular weight excluding hydrogens is 521 g/mol. The number of carbonyl (C=O) groups is 4. The number of fused-ring (bicyclic) bond motifs is 1. The van der Waals surface area contributed by atoms with Crippen LogP contribution in [0.4, 0.5) is 11.4 Å². The lowest BCUT2D eigenvalue weighted by atomic mass is 9.81. The van der Waals surface area contributed by atoms with E-state index in [1.807, 2.05) is 6.92 Å². The van der Waals surface area contributed by atoms with Crippen molar-refractivity contribution >= 4 is 58.3 Å². The smallest absolute Gasteiger partial charge is 0.338 e. The van der Waals surface area contributed by atoms with Crippen LogP contribution < -0.4 is 26.6 Å². The number of esters is 1. The lowest BCUT2D eigenvalue weighted by Crippen LogP contribution is -2.72. The van der Waals surface area contributed by atoms with Crippen LogP contribution in [0.25, 0.3) is 0 Å². The molecule has 2 aliphatic heterocycles. The fraction of sp³-hybridized carbons (Fsp3) is 0.360. The van der Waals surface area contributed by atoms with E-state index < -0.39 is 42.1 Å². The lowest BCUT2D eigenvalue weighted by Gasteiger charge is -2.43. The summed E-state index contributed by atoms with van der Waals surface area (Å²) in [6.45, 7) is 2.35. The molecule has 37 heavy (non-hydrogen) atoms. The molecule has 5 N–H and O–H groups in total. The van der Waals surface area contributed by atoms with Gasteiger partial charge in [-0.1, -0.05) is 36.5 Å². The van der Waals surface area contributed by atoms with Crippen LogP contribution in [-0.4, -0.2) is 42.8 Å². The number of hydrogen-bond donors (Lipinski definition) is 5. The molecule has 10 nitrogen and oxygen atoms in total. The molecule has 2 saturated heterocycles. The van der Waals surface area contributed by atoms with Crippen molar-refractivity contribution < 1.29 is 23.9 Å². The summed E-state index contributed by atoms with van der Waals surface area (Å²) in [5, 5.41) is 15.2. The van der Waals surface area contributed by atoms with Crippen molar-refractivity contribution in [1.82, 2.24) is 16.0 Å². The van der Waals surface area contributed by atoms with Crippen LogP contribution in [0.2, 0.25) is 10.0 Å². The van der Waals surface area contributed by atoms with Gasteiger partial charge >= 0.3 is 5.97 Å². The molecule has 4 unspecified atom stereocenters. The molecule has 0 aliphatic carbocycles. The Hall–Kier alpha value is -3.34. The second-order valence-corrected chi connectivity index (χ2v) is 9.66. The van der Waals surface area contributed by atoms with Gasteiger partial charge in [-0.05, 0) is 48.9 Å². The Balaban J connectivity index is 1.40. The molecule has 2 aromatic carbocycles. The topological polar surface area (TPSA) is 138 Å². The van der Waals surface area contributed by atoms with E-state index >= 15 is 0 Å². The van der Waals surface area contributed by atoms with Crippen LogP contribution in [0, 0.1) is 11.8 Å². The number of nitrogens with one attached hydrogen (secondary N) is 5. The van der Waals surface area contributed by atoms with E-state index in [1.54, 1.807) is 42.5 Å². The van der Waals surface area contributed by atoms with Gasteiger partial charge in [-0.3, -0.25) is 19.7 Å². The average molecular weight is 548 g/mol. The first-order valence-electron chi connectivity index (χ1n) is 11.9. The third-order valence-electron chi connectivity index (χ3n) is 6.14. The Morgan fingerprint density at radius 1 is 1.08 bits per heavy atom. The number of benzene rings is 2. The molecule has 2 fully saturated rings. The van der Waals surface area contributed by atoms with E-state index in [2.05, 4.69) is 26.6 Å². The molecule has 0 aromatic heterocycles. The van der Waals surface area contributed by atoms with Crippen molar-refractivity contribution in [2.75, 3.05) is 17.2 Å². The minimum atomic E-state index is -0.912. The van der Waals surface area contributed by atoms with Gasteiger partial charge in [-0.2, -0.15) is 0 Å². The normalized spacial score (nSPS) is 22.8. The minimum Gasteiger partial charge on any atom is -0.462 e. The maximum Gasteiger partial charge on any atom is 0.338 e. The van der Waals surface area contributed by atoms with Crippen LogP contribution in [0.15, 0.2) is 42.5 Å². The lowest BCUT2D eigenvalue weighted by molar-refractivity contribution is -0.144. The fourth-order valence-corrected chi connectivity index (χ4v) is 4.70. The largest absolute Gasteiger partial charge is 0.462 e. The summed E-state index contributed by atoms with van der Waals surface area (Å²) in [6, 6.07) is 11.1. The van der Waals surface area contributed by atoms with E-state index in [0.717, 1.165) is 12.8 Å². The summed E-state index contributed by atoms with van der Waals surface area (Å²) in [7, 11) is 0. The number of unbranched alkanes of at least 4 members (excludes halogenated alkanes) is 1. The highest BCUT2D eigenvalue weighted by Crippen LogP contribution is 2.30. The predicted molar refractivity (Wildman–Crippen MR) is 139 cm³/mol. The fourth-order valence-electron chi connectivity index (χ4n) is 4.23. The molecule has 0 spiro atoms. The summed E-state index contributed by atoms with van der Waals surface area (Å²) in [6.07, 6.45) is 0.0189. The van der Waals surface area contributed by atoms with Gasteiger partial charge in [-0.15, -0.1) is 0 Å². The van der Waals surface area contributed by atoms with Gasteiger partial charge in [0, 0.05) is 17.1 Å². The number of carbonyl (C=O) groups excluding carboxylic acids is 4. The molecule has 4 atom stereocenters. The Morgan fingerprint density at radius 2 is 1.84 bits per heavy atom. The molecule has 196 valence electrons. The number of anilines is 2. The first-order valence-corrected chi connectivity index (χ1v) is 12.7. The highest BCUT2D eigenvalue weighted by molar-refractivity contribution is 6.36. The molecule has 2 aromatic rings. The monoisotopic (exact) mass is 547 g/mol. The highest BCUT2D eigenvalue weighted by Gasteiger charge is 2.48. The molecule has 3 amide bonds. The van der Waals surface area contributed by atoms with Crippen LogP contribution in [0.3, 0.4) is 0 Å².